The van der Waals surface area contributed by atoms with Crippen molar-refractivity contribution in [2.45, 2.75) is 0 Å². The van der Waals surface area contributed by atoms with Crippen LogP contribution >= 0.6 is 11.6 Å². The third kappa shape index (κ3) is 1.28. The van der Waals surface area contributed by atoms with Crippen LogP contribution in [0.3, 0.4) is 0 Å². The molecular weight excluding hydrogens is 189 g/mol. The Labute approximate surface area is 71.1 Å². The smallest absolute Gasteiger partial charge is 0.324 e. The Balaban J connectivity index is 3.36. The van der Waals surface area contributed by atoms with Gasteiger partial charge in [0.25, 0.3) is 0 Å². The van der Waals surface area contributed by atoms with E-state index in [0.29, 0.717) is 0 Å². The predicted octanol–water partition coefficient (Wildman–Crippen LogP) is 1.36. The first-order chi connectivity index (χ1) is 5.54. The zero-order valence-electron chi connectivity index (χ0n) is 5.62. The Bertz CT molecular complexity index is 344. The Morgan fingerprint density at radius 3 is 2.83 bits per heavy atom. The fourth-order valence-corrected chi connectivity index (χ4v) is 0.742. The molecule has 0 radical (unpaired) electrons. The average Bonchev–Trinajstić information content (AvgIpc) is 2.00. The van der Waals surface area contributed by atoms with Crippen LogP contribution in [0.25, 0.3) is 0 Å². The van der Waals surface area contributed by atoms with Crippen molar-refractivity contribution in [1.82, 2.24) is 4.98 Å². The number of nitrogens with zero attached hydrogens (tertiary/aromatic N) is 2. The molecular formula is C5H3ClFN3O2. The minimum Gasteiger partial charge on any atom is -0.382 e. The Hall–Kier alpha value is -1.43. The van der Waals surface area contributed by atoms with Gasteiger partial charge in [-0.15, -0.1) is 0 Å². The van der Waals surface area contributed by atoms with Gasteiger partial charge in [-0.2, -0.15) is 4.39 Å². The van der Waals surface area contributed by atoms with Crippen molar-refractivity contribution in [2.24, 2.45) is 0 Å². The van der Waals surface area contributed by atoms with Crippen LogP contribution in [0, 0.1) is 15.9 Å². The highest BCUT2D eigenvalue weighted by Crippen LogP contribution is 2.26. The number of hydrogen-bond donors (Lipinski definition) is 1. The van der Waals surface area contributed by atoms with Crippen LogP contribution in [-0.2, 0) is 0 Å². The van der Waals surface area contributed by atoms with Crippen molar-refractivity contribution in [2.75, 3.05) is 5.73 Å². The first kappa shape index (κ1) is 8.66. The van der Waals surface area contributed by atoms with Crippen LogP contribution in [0.2, 0.25) is 5.02 Å². The zero-order valence-corrected chi connectivity index (χ0v) is 6.38. The van der Waals surface area contributed by atoms with Crippen molar-refractivity contribution in [1.29, 1.82) is 0 Å². The monoisotopic (exact) mass is 191 g/mol. The summed E-state index contributed by atoms with van der Waals surface area (Å²) < 4.78 is 12.8. The van der Waals surface area contributed by atoms with Gasteiger partial charge in [0.1, 0.15) is 17.0 Å². The summed E-state index contributed by atoms with van der Waals surface area (Å²) in [5.74, 6) is -1.42. The normalized spacial score (nSPS) is 9.83. The lowest BCUT2D eigenvalue weighted by atomic mass is 10.4. The second-order valence-corrected chi connectivity index (χ2v) is 2.29. The van der Waals surface area contributed by atoms with E-state index in [-0.39, 0.29) is 5.82 Å². The quantitative estimate of drug-likeness (QED) is 0.537. The third-order valence-corrected chi connectivity index (χ3v) is 1.52. The maximum atomic E-state index is 12.8. The van der Waals surface area contributed by atoms with E-state index < -0.39 is 21.5 Å². The minimum absolute atomic E-state index is 0.264. The summed E-state index contributed by atoms with van der Waals surface area (Å²) in [4.78, 5) is 12.5. The molecule has 1 rings (SSSR count). The topological polar surface area (TPSA) is 82.0 Å². The van der Waals surface area contributed by atoms with Crippen LogP contribution in [0.5, 0.6) is 0 Å². The summed E-state index contributed by atoms with van der Waals surface area (Å²) in [6, 6.07) is 0. The number of nitrogen functional groups attached to an aromatic ring is 1. The maximum Gasteiger partial charge on any atom is 0.324 e. The molecule has 1 heterocycles. The summed E-state index contributed by atoms with van der Waals surface area (Å²) in [6.45, 7) is 0. The lowest BCUT2D eigenvalue weighted by Gasteiger charge is -1.97. The molecule has 2 N–H and O–H groups in total. The summed E-state index contributed by atoms with van der Waals surface area (Å²) in [7, 11) is 0. The second-order valence-electron chi connectivity index (χ2n) is 1.91. The first-order valence-electron chi connectivity index (χ1n) is 2.78. The highest BCUT2D eigenvalue weighted by Gasteiger charge is 2.19. The molecule has 0 aromatic carbocycles. The summed E-state index contributed by atoms with van der Waals surface area (Å²) in [6.07, 6.45) is 0.719. The highest BCUT2D eigenvalue weighted by molar-refractivity contribution is 6.33. The van der Waals surface area contributed by atoms with Gasteiger partial charge in [-0.1, -0.05) is 11.6 Å². The van der Waals surface area contributed by atoms with Gasteiger partial charge in [0.05, 0.1) is 4.92 Å². The van der Waals surface area contributed by atoms with E-state index in [1.165, 1.54) is 0 Å². The van der Waals surface area contributed by atoms with Crippen LogP contribution < -0.4 is 5.73 Å². The Kier molecular flexibility index (Phi) is 2.09. The number of rotatable bonds is 1. The number of aromatic nitrogens is 1. The van der Waals surface area contributed by atoms with E-state index in [1.807, 2.05) is 0 Å². The van der Waals surface area contributed by atoms with Crippen molar-refractivity contribution in [3.05, 3.63) is 27.2 Å². The standard InChI is InChI=1S/C5H3ClFN3O2/c6-3-4(7)2(10(11)12)1-9-5(3)8/h1H,(H2,8,9). The fraction of sp³-hybridized carbons (Fsp3) is 0. The van der Waals surface area contributed by atoms with E-state index in [1.54, 1.807) is 0 Å². The van der Waals surface area contributed by atoms with Crippen molar-refractivity contribution >= 4 is 23.1 Å². The van der Waals surface area contributed by atoms with Crippen LogP contribution in [0.15, 0.2) is 6.20 Å². The molecule has 0 bridgehead atoms. The third-order valence-electron chi connectivity index (χ3n) is 1.17. The van der Waals surface area contributed by atoms with Crippen LogP contribution in [-0.4, -0.2) is 9.91 Å². The second kappa shape index (κ2) is 2.90. The number of hydrogen-bond acceptors (Lipinski definition) is 4. The molecule has 7 heteroatoms. The number of pyridine rings is 1. The van der Waals surface area contributed by atoms with Crippen molar-refractivity contribution in [3.63, 3.8) is 0 Å². The molecule has 0 saturated carbocycles. The van der Waals surface area contributed by atoms with Gasteiger partial charge in [-0.25, -0.2) is 4.98 Å². The summed E-state index contributed by atoms with van der Waals surface area (Å²) in [5, 5.41) is 9.59. The van der Waals surface area contributed by atoms with Gasteiger partial charge in [-0.3, -0.25) is 10.1 Å². The summed E-state index contributed by atoms with van der Waals surface area (Å²) >= 11 is 5.26. The lowest BCUT2D eigenvalue weighted by Crippen LogP contribution is -1.99. The molecule has 0 aliphatic rings. The first-order valence-corrected chi connectivity index (χ1v) is 3.15. The number of nitro groups is 1. The van der Waals surface area contributed by atoms with E-state index in [2.05, 4.69) is 4.98 Å². The number of anilines is 1. The van der Waals surface area contributed by atoms with Gasteiger partial charge in [0, 0.05) is 0 Å². The predicted molar refractivity (Wildman–Crippen MR) is 40.3 cm³/mol. The van der Waals surface area contributed by atoms with E-state index in [9.17, 15) is 14.5 Å². The average molecular weight is 192 g/mol. The van der Waals surface area contributed by atoms with Gasteiger partial charge in [-0.05, 0) is 0 Å². The lowest BCUT2D eigenvalue weighted by molar-refractivity contribution is -0.387. The molecule has 0 amide bonds. The van der Waals surface area contributed by atoms with Crippen molar-refractivity contribution in [3.8, 4) is 0 Å². The molecule has 0 spiro atoms. The molecule has 1 aromatic rings. The molecule has 0 fully saturated rings. The highest BCUT2D eigenvalue weighted by atomic mass is 35.5. The van der Waals surface area contributed by atoms with Gasteiger partial charge in [0.15, 0.2) is 0 Å². The number of nitrogens with two attached hydrogens (primary N) is 1. The van der Waals surface area contributed by atoms with Crippen molar-refractivity contribution < 1.29 is 9.31 Å². The molecule has 0 aliphatic heterocycles. The van der Waals surface area contributed by atoms with Crippen LogP contribution in [0.4, 0.5) is 15.9 Å². The SMILES string of the molecule is Nc1ncc([N+](=O)[O-])c(F)c1Cl. The van der Waals surface area contributed by atoms with E-state index >= 15 is 0 Å². The van der Waals surface area contributed by atoms with Crippen LogP contribution in [0.1, 0.15) is 0 Å². The van der Waals surface area contributed by atoms with E-state index in [0.717, 1.165) is 6.20 Å². The minimum atomic E-state index is -1.16. The molecule has 0 aliphatic carbocycles. The Morgan fingerprint density at radius 2 is 2.33 bits per heavy atom. The zero-order chi connectivity index (χ0) is 9.30. The van der Waals surface area contributed by atoms with E-state index in [4.69, 9.17) is 17.3 Å². The molecule has 0 atom stereocenters. The molecule has 5 nitrogen and oxygen atoms in total. The molecule has 0 saturated heterocycles. The van der Waals surface area contributed by atoms with Gasteiger partial charge < -0.3 is 5.73 Å². The molecule has 0 unspecified atom stereocenters. The van der Waals surface area contributed by atoms with Gasteiger partial charge in [0.2, 0.25) is 5.82 Å². The largest absolute Gasteiger partial charge is 0.382 e. The molecule has 12 heavy (non-hydrogen) atoms. The maximum absolute atomic E-state index is 12.8. The number of halogens is 2. The molecule has 64 valence electrons. The molecule has 1 aromatic heterocycles. The fourth-order valence-electron chi connectivity index (χ4n) is 0.596. The Morgan fingerprint density at radius 1 is 1.75 bits per heavy atom. The summed E-state index contributed by atoms with van der Waals surface area (Å²) in [5.41, 5.74) is 4.30. The van der Waals surface area contributed by atoms with Gasteiger partial charge >= 0.3 is 5.69 Å².